The topological polar surface area (TPSA) is 63.6 Å². The molecule has 0 aliphatic heterocycles. The van der Waals surface area contributed by atoms with Crippen molar-refractivity contribution in [3.05, 3.63) is 0 Å². The van der Waals surface area contributed by atoms with Crippen LogP contribution in [0.2, 0.25) is 0 Å². The number of hydrogen-bond acceptors (Lipinski definition) is 3. The number of ether oxygens (including phenoxy) is 1. The molecule has 0 aliphatic rings. The van der Waals surface area contributed by atoms with Gasteiger partial charge in [0, 0.05) is 5.41 Å². The Hall–Kier alpha value is 0.511. The molecule has 0 heterocycles. The van der Waals surface area contributed by atoms with E-state index in [-0.39, 0.29) is 54.3 Å². The quantitative estimate of drug-likeness (QED) is 0.469. The maximum absolute atomic E-state index is 11.3. The van der Waals surface area contributed by atoms with Crippen molar-refractivity contribution in [2.24, 2.45) is 5.41 Å². The molecule has 0 fully saturated rings. The number of hydrogen-bond donors (Lipinski definition) is 1. The molecule has 4 nitrogen and oxygen atoms in total. The van der Waals surface area contributed by atoms with Gasteiger partial charge < -0.3 is 9.84 Å². The summed E-state index contributed by atoms with van der Waals surface area (Å²) in [5, 5.41) is 8.46. The van der Waals surface area contributed by atoms with Gasteiger partial charge >= 0.3 is 60.8 Å². The van der Waals surface area contributed by atoms with Gasteiger partial charge in [0.05, 0.1) is 0 Å². The van der Waals surface area contributed by atoms with Crippen LogP contribution in [0.3, 0.4) is 0 Å². The molecule has 1 N–H and O–H groups in total. The molecule has 0 aromatic carbocycles. The molecule has 0 rings (SSSR count). The van der Waals surface area contributed by atoms with Gasteiger partial charge in [0.2, 0.25) is 0 Å². The van der Waals surface area contributed by atoms with Gasteiger partial charge in [-0.3, -0.25) is 9.59 Å². The molecule has 1 atom stereocenters. The van der Waals surface area contributed by atoms with Crippen LogP contribution in [0.4, 0.5) is 0 Å². The van der Waals surface area contributed by atoms with E-state index in [0.717, 1.165) is 0 Å². The van der Waals surface area contributed by atoms with Crippen LogP contribution in [0.15, 0.2) is 0 Å². The Morgan fingerprint density at radius 3 is 1.88 bits per heavy atom. The Kier molecular flexibility index (Phi) is 8.32. The Morgan fingerprint density at radius 2 is 1.62 bits per heavy atom. The summed E-state index contributed by atoms with van der Waals surface area (Å²) in [4.78, 5) is 21.6. The fraction of sp³-hybridized carbons (Fsp3) is 0.818. The van der Waals surface area contributed by atoms with Crippen molar-refractivity contribution in [3.8, 4) is 0 Å². The first-order valence-corrected chi connectivity index (χ1v) is 5.06. The van der Waals surface area contributed by atoms with E-state index in [2.05, 4.69) is 0 Å². The summed E-state index contributed by atoms with van der Waals surface area (Å²) in [5.74, 6) is -1.84. The molecular weight excluding hydrogens is 333 g/mol. The van der Waals surface area contributed by atoms with E-state index >= 15 is 0 Å². The van der Waals surface area contributed by atoms with E-state index in [1.54, 1.807) is 0 Å². The zero-order valence-corrected chi connectivity index (χ0v) is 10.1. The zero-order chi connectivity index (χ0) is 12.3. The minimum atomic E-state index is -1.16. The van der Waals surface area contributed by atoms with Gasteiger partial charge in [-0.25, -0.2) is 0 Å². The van der Waals surface area contributed by atoms with E-state index in [1.807, 2.05) is 34.6 Å². The van der Waals surface area contributed by atoms with Crippen molar-refractivity contribution in [2.75, 3.05) is 0 Å². The van der Waals surface area contributed by atoms with Gasteiger partial charge in [-0.2, -0.15) is 0 Å². The van der Waals surface area contributed by atoms with Crippen LogP contribution < -0.4 is 0 Å². The maximum atomic E-state index is 11.3. The molecule has 0 aromatic rings. The molecule has 0 spiro atoms. The molecule has 0 saturated carbocycles. The van der Waals surface area contributed by atoms with Gasteiger partial charge in [0.25, 0.3) is 0 Å². The van der Waals surface area contributed by atoms with Gasteiger partial charge in [-0.1, -0.05) is 27.7 Å². The molecular formula is C11H22BaO4. The van der Waals surface area contributed by atoms with Crippen molar-refractivity contribution < 1.29 is 19.4 Å². The zero-order valence-electron chi connectivity index (χ0n) is 10.1. The van der Waals surface area contributed by atoms with E-state index < -0.39 is 24.0 Å². The SMILES string of the molecule is CCC(C)(OC(=O)CC(=O)O)C(C)(C)C.[BaH2]. The van der Waals surface area contributed by atoms with E-state index in [0.29, 0.717) is 6.42 Å². The van der Waals surface area contributed by atoms with E-state index in [1.165, 1.54) is 0 Å². The molecule has 0 aromatic heterocycles. The first kappa shape index (κ1) is 18.9. The molecule has 16 heavy (non-hydrogen) atoms. The van der Waals surface area contributed by atoms with Crippen LogP contribution in [-0.4, -0.2) is 71.5 Å². The predicted molar refractivity (Wildman–Crippen MR) is 65.0 cm³/mol. The second-order valence-corrected chi connectivity index (χ2v) is 4.88. The number of esters is 1. The van der Waals surface area contributed by atoms with Crippen molar-refractivity contribution in [2.45, 2.75) is 53.1 Å². The van der Waals surface area contributed by atoms with Crippen LogP contribution >= 0.6 is 0 Å². The third-order valence-corrected chi connectivity index (χ3v) is 2.90. The van der Waals surface area contributed by atoms with Crippen molar-refractivity contribution in [3.63, 3.8) is 0 Å². The predicted octanol–water partition coefficient (Wildman–Crippen LogP) is 1.30. The summed E-state index contributed by atoms with van der Waals surface area (Å²) < 4.78 is 5.24. The van der Waals surface area contributed by atoms with Crippen LogP contribution in [0, 0.1) is 5.41 Å². The van der Waals surface area contributed by atoms with Crippen molar-refractivity contribution in [1.82, 2.24) is 0 Å². The Labute approximate surface area is 137 Å². The van der Waals surface area contributed by atoms with Gasteiger partial charge in [-0.05, 0) is 13.3 Å². The molecule has 0 saturated heterocycles. The molecule has 0 radical (unpaired) electrons. The van der Waals surface area contributed by atoms with Crippen LogP contribution in [0.5, 0.6) is 0 Å². The van der Waals surface area contributed by atoms with Crippen LogP contribution in [0.1, 0.15) is 47.5 Å². The second kappa shape index (κ2) is 7.06. The minimum absolute atomic E-state index is 0. The average molecular weight is 356 g/mol. The number of aliphatic carboxylic acids is 1. The van der Waals surface area contributed by atoms with Crippen LogP contribution in [0.25, 0.3) is 0 Å². The summed E-state index contributed by atoms with van der Waals surface area (Å²) in [6, 6.07) is 0. The molecule has 92 valence electrons. The summed E-state index contributed by atoms with van der Waals surface area (Å²) in [6.07, 6.45) is 0.0769. The third-order valence-electron chi connectivity index (χ3n) is 2.90. The monoisotopic (exact) mass is 356 g/mol. The Bertz CT molecular complexity index is 257. The molecule has 5 heteroatoms. The number of carboxylic acids is 1. The molecule has 0 amide bonds. The van der Waals surface area contributed by atoms with Crippen LogP contribution in [-0.2, 0) is 14.3 Å². The number of carbonyl (C=O) groups is 2. The first-order chi connectivity index (χ1) is 6.62. The average Bonchev–Trinajstić information content (AvgIpc) is 2.00. The summed E-state index contributed by atoms with van der Waals surface area (Å²) in [6.45, 7) is 9.63. The Morgan fingerprint density at radius 1 is 1.19 bits per heavy atom. The van der Waals surface area contributed by atoms with Gasteiger partial charge in [0.15, 0.2) is 0 Å². The summed E-state index contributed by atoms with van der Waals surface area (Å²) in [7, 11) is 0. The van der Waals surface area contributed by atoms with E-state index in [9.17, 15) is 9.59 Å². The standard InChI is InChI=1S/C11H20O4.Ba.2H/c1-6-11(5,10(2,3)4)15-9(14)7-8(12)13;;;/h6-7H2,1-5H3,(H,12,13);;;. The number of carboxylic acid groups (broad SMARTS) is 1. The second-order valence-electron chi connectivity index (χ2n) is 4.88. The van der Waals surface area contributed by atoms with Crippen molar-refractivity contribution >= 4 is 60.8 Å². The van der Waals surface area contributed by atoms with Crippen molar-refractivity contribution in [1.29, 1.82) is 0 Å². The van der Waals surface area contributed by atoms with E-state index in [4.69, 9.17) is 9.84 Å². The first-order valence-electron chi connectivity index (χ1n) is 5.06. The summed E-state index contributed by atoms with van der Waals surface area (Å²) in [5.41, 5.74) is -0.838. The summed E-state index contributed by atoms with van der Waals surface area (Å²) >= 11 is 0. The van der Waals surface area contributed by atoms with Gasteiger partial charge in [-0.15, -0.1) is 0 Å². The normalized spacial score (nSPS) is 14.6. The fourth-order valence-corrected chi connectivity index (χ4v) is 1.17. The Balaban J connectivity index is 0. The molecule has 0 aliphatic carbocycles. The number of rotatable bonds is 4. The number of carbonyl (C=O) groups excluding carboxylic acids is 1. The molecule has 0 bridgehead atoms. The van der Waals surface area contributed by atoms with Gasteiger partial charge in [0.1, 0.15) is 12.0 Å². The molecule has 1 unspecified atom stereocenters. The fourth-order valence-electron chi connectivity index (χ4n) is 1.17. The third kappa shape index (κ3) is 5.72.